The molecule has 0 spiro atoms. The van der Waals surface area contributed by atoms with Gasteiger partial charge < -0.3 is 15.4 Å². The molecule has 0 aliphatic heterocycles. The van der Waals surface area contributed by atoms with Crippen molar-refractivity contribution in [1.82, 2.24) is 9.78 Å². The molecule has 0 aliphatic rings. The molecule has 0 aliphatic carbocycles. The zero-order valence-corrected chi connectivity index (χ0v) is 22.2. The number of carbonyl (C=O) groups is 1. The Hall–Kier alpha value is -2.36. The number of nitrogens with one attached hydrogen (secondary N) is 2. The smallest absolute Gasteiger partial charge is 0.349 e. The van der Waals surface area contributed by atoms with Crippen LogP contribution in [0.5, 0.6) is 0 Å². The number of methoxy groups -OCH3 is 1. The number of hydrogen-bond acceptors (Lipinski definition) is 5. The molecular formula is C23H19Cl3N4O2S2. The fourth-order valence-corrected chi connectivity index (χ4v) is 5.49. The Morgan fingerprint density at radius 2 is 1.88 bits per heavy atom. The van der Waals surface area contributed by atoms with E-state index < -0.39 is 5.97 Å². The van der Waals surface area contributed by atoms with E-state index in [2.05, 4.69) is 15.7 Å². The van der Waals surface area contributed by atoms with Gasteiger partial charge in [0.25, 0.3) is 0 Å². The third-order valence-corrected chi connectivity index (χ3v) is 7.77. The van der Waals surface area contributed by atoms with Gasteiger partial charge in [0.2, 0.25) is 0 Å². The summed E-state index contributed by atoms with van der Waals surface area (Å²) in [6, 6.07) is 11.1. The quantitative estimate of drug-likeness (QED) is 0.199. The van der Waals surface area contributed by atoms with Crippen LogP contribution in [0.25, 0.3) is 10.1 Å². The average molecular weight is 554 g/mol. The van der Waals surface area contributed by atoms with Crippen LogP contribution in [0.3, 0.4) is 0 Å². The molecule has 6 nitrogen and oxygen atoms in total. The molecule has 0 radical (unpaired) electrons. The van der Waals surface area contributed by atoms with Crippen LogP contribution in [0.2, 0.25) is 15.1 Å². The number of carbonyl (C=O) groups excluding carboxylic acids is 1. The van der Waals surface area contributed by atoms with Crippen LogP contribution in [0.4, 0.5) is 11.4 Å². The van der Waals surface area contributed by atoms with E-state index >= 15 is 0 Å². The van der Waals surface area contributed by atoms with Gasteiger partial charge in [-0.15, -0.1) is 11.3 Å². The standard InChI is InChI=1S/C23H19Cl3N4O2S2/c1-11-20(12(2)30(29-11)10-13-4-7-16(24)17(25)8-13)28-23(33)27-14-5-6-15-18(9-14)34-21(19(15)26)22(31)32-3/h4-9H,10H2,1-3H3,(H2,27,28,33). The van der Waals surface area contributed by atoms with E-state index in [1.165, 1.54) is 18.4 Å². The van der Waals surface area contributed by atoms with E-state index in [4.69, 9.17) is 51.8 Å². The highest BCUT2D eigenvalue weighted by Gasteiger charge is 2.18. The van der Waals surface area contributed by atoms with Crippen molar-refractivity contribution in [2.45, 2.75) is 20.4 Å². The van der Waals surface area contributed by atoms with Crippen molar-refractivity contribution in [3.05, 3.63) is 73.3 Å². The number of thiocarbonyl (C=S) groups is 1. The number of fused-ring (bicyclic) bond motifs is 1. The van der Waals surface area contributed by atoms with Crippen LogP contribution in [0.15, 0.2) is 36.4 Å². The lowest BCUT2D eigenvalue weighted by Crippen LogP contribution is -2.20. The average Bonchev–Trinajstić information content (AvgIpc) is 3.26. The van der Waals surface area contributed by atoms with Crippen molar-refractivity contribution in [2.24, 2.45) is 0 Å². The maximum absolute atomic E-state index is 11.9. The summed E-state index contributed by atoms with van der Waals surface area (Å²) < 4.78 is 7.53. The zero-order valence-electron chi connectivity index (χ0n) is 18.3. The lowest BCUT2D eigenvalue weighted by molar-refractivity contribution is 0.0606. The molecule has 0 bridgehead atoms. The third-order valence-electron chi connectivity index (χ3n) is 5.19. The molecule has 4 rings (SSSR count). The van der Waals surface area contributed by atoms with Crippen LogP contribution in [-0.2, 0) is 11.3 Å². The first kappa shape index (κ1) is 24.8. The molecule has 0 amide bonds. The number of nitrogens with zero attached hydrogens (tertiary/aromatic N) is 2. The van der Waals surface area contributed by atoms with Crippen molar-refractivity contribution in [2.75, 3.05) is 17.7 Å². The SMILES string of the molecule is COC(=O)c1sc2cc(NC(=S)Nc3c(C)nn(Cc4ccc(Cl)c(Cl)c4)c3C)ccc2c1Cl. The highest BCUT2D eigenvalue weighted by molar-refractivity contribution is 7.80. The Balaban J connectivity index is 1.50. The van der Waals surface area contributed by atoms with E-state index in [0.717, 1.165) is 38.4 Å². The van der Waals surface area contributed by atoms with Crippen molar-refractivity contribution in [3.63, 3.8) is 0 Å². The number of esters is 1. The van der Waals surface area contributed by atoms with Gasteiger partial charge in [-0.3, -0.25) is 4.68 Å². The molecule has 176 valence electrons. The molecule has 2 N–H and O–H groups in total. The van der Waals surface area contributed by atoms with Crippen molar-refractivity contribution in [3.8, 4) is 0 Å². The van der Waals surface area contributed by atoms with Gasteiger partial charge in [-0.2, -0.15) is 5.10 Å². The second kappa shape index (κ2) is 10.1. The fraction of sp³-hybridized carbons (Fsp3) is 0.174. The molecule has 2 aromatic carbocycles. The van der Waals surface area contributed by atoms with Gasteiger partial charge >= 0.3 is 5.97 Å². The fourth-order valence-electron chi connectivity index (χ4n) is 3.49. The normalized spacial score (nSPS) is 11.0. The van der Waals surface area contributed by atoms with Gasteiger partial charge in [-0.05, 0) is 62.0 Å². The Bertz CT molecular complexity index is 1430. The summed E-state index contributed by atoms with van der Waals surface area (Å²) in [6.45, 7) is 4.43. The van der Waals surface area contributed by atoms with Gasteiger partial charge in [-0.1, -0.05) is 40.9 Å². The molecule has 0 fully saturated rings. The van der Waals surface area contributed by atoms with Crippen LogP contribution < -0.4 is 10.6 Å². The summed E-state index contributed by atoms with van der Waals surface area (Å²) in [4.78, 5) is 12.3. The number of rotatable bonds is 5. The Labute approximate surface area is 220 Å². The van der Waals surface area contributed by atoms with Crippen LogP contribution >= 0.6 is 58.4 Å². The first-order valence-electron chi connectivity index (χ1n) is 10.0. The third kappa shape index (κ3) is 5.01. The van der Waals surface area contributed by atoms with E-state index in [1.807, 2.05) is 48.9 Å². The number of thiophene rings is 1. The molecule has 2 aromatic heterocycles. The van der Waals surface area contributed by atoms with Crippen molar-refractivity contribution >= 4 is 90.9 Å². The summed E-state index contributed by atoms with van der Waals surface area (Å²) in [5.41, 5.74) is 4.31. The van der Waals surface area contributed by atoms with Crippen LogP contribution in [0, 0.1) is 13.8 Å². The molecular weight excluding hydrogens is 535 g/mol. The lowest BCUT2D eigenvalue weighted by Gasteiger charge is -2.11. The molecule has 0 unspecified atom stereocenters. The molecule has 11 heteroatoms. The predicted octanol–water partition coefficient (Wildman–Crippen LogP) is 7.32. The number of anilines is 2. The number of hydrogen-bond donors (Lipinski definition) is 2. The summed E-state index contributed by atoms with van der Waals surface area (Å²) in [5.74, 6) is -0.457. The molecule has 0 saturated carbocycles. The minimum absolute atomic E-state index is 0.373. The van der Waals surface area contributed by atoms with Crippen LogP contribution in [-0.4, -0.2) is 28.0 Å². The van der Waals surface area contributed by atoms with Gasteiger partial charge in [0.1, 0.15) is 4.88 Å². The van der Waals surface area contributed by atoms with Crippen LogP contribution in [0.1, 0.15) is 26.6 Å². The van der Waals surface area contributed by atoms with Crippen molar-refractivity contribution in [1.29, 1.82) is 0 Å². The predicted molar refractivity (Wildman–Crippen MR) is 145 cm³/mol. The second-order valence-electron chi connectivity index (χ2n) is 7.48. The summed E-state index contributed by atoms with van der Waals surface area (Å²) in [5, 5.41) is 13.7. The first-order valence-corrected chi connectivity index (χ1v) is 12.4. The number of benzene rings is 2. The van der Waals surface area contributed by atoms with E-state index in [1.54, 1.807) is 6.07 Å². The minimum atomic E-state index is -0.457. The molecule has 34 heavy (non-hydrogen) atoms. The Morgan fingerprint density at radius 1 is 1.12 bits per heavy atom. The maximum Gasteiger partial charge on any atom is 0.349 e. The summed E-state index contributed by atoms with van der Waals surface area (Å²) >= 11 is 25.3. The molecule has 0 atom stereocenters. The second-order valence-corrected chi connectivity index (χ2v) is 10.1. The van der Waals surface area contributed by atoms with Gasteiger partial charge in [-0.25, -0.2) is 4.79 Å². The van der Waals surface area contributed by atoms with E-state index in [0.29, 0.717) is 31.6 Å². The Morgan fingerprint density at radius 3 is 2.59 bits per heavy atom. The highest BCUT2D eigenvalue weighted by Crippen LogP contribution is 2.37. The first-order chi connectivity index (χ1) is 16.2. The summed E-state index contributed by atoms with van der Waals surface area (Å²) in [6.07, 6.45) is 0. The largest absolute Gasteiger partial charge is 0.465 e. The highest BCUT2D eigenvalue weighted by atomic mass is 35.5. The number of aryl methyl sites for hydroxylation is 1. The van der Waals surface area contributed by atoms with E-state index in [-0.39, 0.29) is 0 Å². The number of aromatic nitrogens is 2. The van der Waals surface area contributed by atoms with Gasteiger partial charge in [0.05, 0.1) is 45.8 Å². The monoisotopic (exact) mass is 552 g/mol. The summed E-state index contributed by atoms with van der Waals surface area (Å²) in [7, 11) is 1.33. The molecule has 4 aromatic rings. The zero-order chi connectivity index (χ0) is 24.6. The van der Waals surface area contributed by atoms with Crippen molar-refractivity contribution < 1.29 is 9.53 Å². The van der Waals surface area contributed by atoms with Gasteiger partial charge in [0, 0.05) is 15.8 Å². The van der Waals surface area contributed by atoms with E-state index in [9.17, 15) is 4.79 Å². The molecule has 0 saturated heterocycles. The van der Waals surface area contributed by atoms with Gasteiger partial charge in [0.15, 0.2) is 5.11 Å². The minimum Gasteiger partial charge on any atom is -0.465 e. The maximum atomic E-state index is 11.9. The molecule has 2 heterocycles. The topological polar surface area (TPSA) is 68.2 Å². The number of halogens is 3. The lowest BCUT2D eigenvalue weighted by atomic mass is 10.2. The Kier molecular flexibility index (Phi) is 7.35. The number of ether oxygens (including phenoxy) is 1.